The third kappa shape index (κ3) is 4.44. The molecule has 5 heteroatoms. The van der Waals surface area contributed by atoms with E-state index in [-0.39, 0.29) is 24.7 Å². The van der Waals surface area contributed by atoms with Crippen LogP contribution in [0.2, 0.25) is 5.02 Å². The van der Waals surface area contributed by atoms with E-state index in [1.807, 2.05) is 30.0 Å². The molecule has 1 aliphatic rings. The number of rotatable bonds is 4. The van der Waals surface area contributed by atoms with Gasteiger partial charge in [0, 0.05) is 35.8 Å². The van der Waals surface area contributed by atoms with Gasteiger partial charge < -0.3 is 10.2 Å². The van der Waals surface area contributed by atoms with Crippen LogP contribution in [-0.4, -0.2) is 18.4 Å². The molecule has 0 fully saturated rings. The SMILES string of the molecule is Cc1cc(Cl)ccc1NC(=O)CCC(=O)N1CCCCc2ccccc21. The molecular formula is C21H23ClN2O2. The van der Waals surface area contributed by atoms with E-state index in [1.165, 1.54) is 5.56 Å². The summed E-state index contributed by atoms with van der Waals surface area (Å²) in [6.07, 6.45) is 3.43. The van der Waals surface area contributed by atoms with Crippen molar-refractivity contribution in [2.75, 3.05) is 16.8 Å². The second-order valence-electron chi connectivity index (χ2n) is 6.64. The topological polar surface area (TPSA) is 49.4 Å². The van der Waals surface area contributed by atoms with Gasteiger partial charge in [-0.1, -0.05) is 29.8 Å². The molecule has 1 aliphatic heterocycles. The average Bonchev–Trinajstić information content (AvgIpc) is 2.84. The van der Waals surface area contributed by atoms with Gasteiger partial charge in [0.15, 0.2) is 0 Å². The maximum absolute atomic E-state index is 12.7. The molecule has 2 aromatic rings. The predicted molar refractivity (Wildman–Crippen MR) is 106 cm³/mol. The largest absolute Gasteiger partial charge is 0.326 e. The fraction of sp³-hybridized carbons (Fsp3) is 0.333. The molecule has 0 saturated carbocycles. The van der Waals surface area contributed by atoms with Gasteiger partial charge in [0.05, 0.1) is 0 Å². The van der Waals surface area contributed by atoms with E-state index in [0.29, 0.717) is 11.6 Å². The monoisotopic (exact) mass is 370 g/mol. The molecule has 2 amide bonds. The van der Waals surface area contributed by atoms with Crippen LogP contribution >= 0.6 is 11.6 Å². The fourth-order valence-electron chi connectivity index (χ4n) is 3.29. The Morgan fingerprint density at radius 1 is 1.12 bits per heavy atom. The molecule has 0 saturated heterocycles. The smallest absolute Gasteiger partial charge is 0.227 e. The molecule has 0 atom stereocenters. The van der Waals surface area contributed by atoms with Crippen molar-refractivity contribution >= 4 is 34.8 Å². The molecule has 0 unspecified atom stereocenters. The van der Waals surface area contributed by atoms with Gasteiger partial charge >= 0.3 is 0 Å². The first-order valence-corrected chi connectivity index (χ1v) is 9.36. The number of amides is 2. The number of hydrogen-bond donors (Lipinski definition) is 1. The zero-order valence-corrected chi connectivity index (χ0v) is 15.7. The van der Waals surface area contributed by atoms with Crippen molar-refractivity contribution in [1.29, 1.82) is 0 Å². The van der Waals surface area contributed by atoms with Crippen molar-refractivity contribution < 1.29 is 9.59 Å². The summed E-state index contributed by atoms with van der Waals surface area (Å²) in [5, 5.41) is 3.49. The zero-order chi connectivity index (χ0) is 18.5. The summed E-state index contributed by atoms with van der Waals surface area (Å²) < 4.78 is 0. The van der Waals surface area contributed by atoms with Crippen molar-refractivity contribution in [2.24, 2.45) is 0 Å². The summed E-state index contributed by atoms with van der Waals surface area (Å²) in [5.41, 5.74) is 3.83. The van der Waals surface area contributed by atoms with Gasteiger partial charge in [0.2, 0.25) is 11.8 Å². The van der Waals surface area contributed by atoms with Gasteiger partial charge in [-0.3, -0.25) is 9.59 Å². The Hall–Kier alpha value is -2.33. The van der Waals surface area contributed by atoms with Gasteiger partial charge in [0.25, 0.3) is 0 Å². The Balaban J connectivity index is 1.61. The quantitative estimate of drug-likeness (QED) is 0.845. The van der Waals surface area contributed by atoms with Gasteiger partial charge in [-0.05, 0) is 61.6 Å². The lowest BCUT2D eigenvalue weighted by atomic mass is 10.1. The van der Waals surface area contributed by atoms with Gasteiger partial charge in [-0.25, -0.2) is 0 Å². The lowest BCUT2D eigenvalue weighted by Gasteiger charge is -2.23. The summed E-state index contributed by atoms with van der Waals surface area (Å²) in [7, 11) is 0. The van der Waals surface area contributed by atoms with Crippen molar-refractivity contribution in [2.45, 2.75) is 39.0 Å². The van der Waals surface area contributed by atoms with Gasteiger partial charge in [-0.15, -0.1) is 0 Å². The lowest BCUT2D eigenvalue weighted by Crippen LogP contribution is -2.32. The summed E-state index contributed by atoms with van der Waals surface area (Å²) >= 11 is 5.93. The molecule has 3 rings (SSSR count). The Morgan fingerprint density at radius 2 is 1.92 bits per heavy atom. The summed E-state index contributed by atoms with van der Waals surface area (Å²) in [6.45, 7) is 2.61. The number of halogens is 1. The molecular weight excluding hydrogens is 348 g/mol. The van der Waals surface area contributed by atoms with Crippen LogP contribution in [0.4, 0.5) is 11.4 Å². The summed E-state index contributed by atoms with van der Waals surface area (Å²) in [5.74, 6) is -0.158. The Morgan fingerprint density at radius 3 is 2.73 bits per heavy atom. The van der Waals surface area contributed by atoms with Crippen molar-refractivity contribution in [3.05, 3.63) is 58.6 Å². The highest BCUT2D eigenvalue weighted by atomic mass is 35.5. The van der Waals surface area contributed by atoms with Crippen molar-refractivity contribution in [1.82, 2.24) is 0 Å². The van der Waals surface area contributed by atoms with Crippen LogP contribution < -0.4 is 10.2 Å². The Kier molecular flexibility index (Phi) is 5.94. The predicted octanol–water partition coefficient (Wildman–Crippen LogP) is 4.74. The Bertz CT molecular complexity index is 819. The van der Waals surface area contributed by atoms with Gasteiger partial charge in [0.1, 0.15) is 0 Å². The van der Waals surface area contributed by atoms with E-state index < -0.39 is 0 Å². The lowest BCUT2D eigenvalue weighted by molar-refractivity contribution is -0.122. The van der Waals surface area contributed by atoms with Crippen LogP contribution in [0.25, 0.3) is 0 Å². The molecule has 1 N–H and O–H groups in total. The van der Waals surface area contributed by atoms with E-state index in [9.17, 15) is 9.59 Å². The Labute approximate surface area is 159 Å². The third-order valence-corrected chi connectivity index (χ3v) is 4.92. The number of para-hydroxylation sites is 1. The van der Waals surface area contributed by atoms with E-state index in [0.717, 1.165) is 36.2 Å². The van der Waals surface area contributed by atoms with E-state index in [4.69, 9.17) is 11.6 Å². The molecule has 136 valence electrons. The fourth-order valence-corrected chi connectivity index (χ4v) is 3.51. The highest BCUT2D eigenvalue weighted by Gasteiger charge is 2.21. The van der Waals surface area contributed by atoms with Crippen molar-refractivity contribution in [3.8, 4) is 0 Å². The van der Waals surface area contributed by atoms with E-state index in [1.54, 1.807) is 18.2 Å². The number of benzene rings is 2. The van der Waals surface area contributed by atoms with Crippen LogP contribution in [0.15, 0.2) is 42.5 Å². The molecule has 0 spiro atoms. The van der Waals surface area contributed by atoms with Crippen LogP contribution in [0, 0.1) is 6.92 Å². The molecule has 26 heavy (non-hydrogen) atoms. The van der Waals surface area contributed by atoms with Crippen LogP contribution in [0.5, 0.6) is 0 Å². The molecule has 0 bridgehead atoms. The molecule has 1 heterocycles. The average molecular weight is 371 g/mol. The molecule has 0 radical (unpaired) electrons. The number of carbonyl (C=O) groups is 2. The zero-order valence-electron chi connectivity index (χ0n) is 14.9. The normalized spacial score (nSPS) is 13.7. The van der Waals surface area contributed by atoms with E-state index in [2.05, 4.69) is 11.4 Å². The highest BCUT2D eigenvalue weighted by Crippen LogP contribution is 2.27. The number of aryl methyl sites for hydroxylation is 2. The maximum atomic E-state index is 12.7. The second-order valence-corrected chi connectivity index (χ2v) is 7.08. The van der Waals surface area contributed by atoms with Crippen molar-refractivity contribution in [3.63, 3.8) is 0 Å². The van der Waals surface area contributed by atoms with Crippen LogP contribution in [0.1, 0.15) is 36.8 Å². The molecule has 2 aromatic carbocycles. The third-order valence-electron chi connectivity index (χ3n) is 4.69. The number of fused-ring (bicyclic) bond motifs is 1. The van der Waals surface area contributed by atoms with Crippen LogP contribution in [-0.2, 0) is 16.0 Å². The highest BCUT2D eigenvalue weighted by molar-refractivity contribution is 6.30. The van der Waals surface area contributed by atoms with Crippen LogP contribution in [0.3, 0.4) is 0 Å². The first kappa shape index (κ1) is 18.5. The first-order chi connectivity index (χ1) is 12.5. The molecule has 4 nitrogen and oxygen atoms in total. The standard InChI is InChI=1S/C21H23ClN2O2/c1-15-14-17(22)9-10-18(15)23-20(25)11-12-21(26)24-13-5-4-7-16-6-2-3-8-19(16)24/h2-3,6,8-10,14H,4-5,7,11-13H2,1H3,(H,23,25). The van der Waals surface area contributed by atoms with Gasteiger partial charge in [-0.2, -0.15) is 0 Å². The number of carbonyl (C=O) groups excluding carboxylic acids is 2. The maximum Gasteiger partial charge on any atom is 0.227 e. The number of nitrogens with one attached hydrogen (secondary N) is 1. The number of anilines is 2. The first-order valence-electron chi connectivity index (χ1n) is 8.99. The minimum Gasteiger partial charge on any atom is -0.326 e. The summed E-state index contributed by atoms with van der Waals surface area (Å²) in [4.78, 5) is 26.8. The number of nitrogens with zero attached hydrogens (tertiary/aromatic N) is 1. The second kappa shape index (κ2) is 8.37. The number of hydrogen-bond acceptors (Lipinski definition) is 2. The van der Waals surface area contributed by atoms with E-state index >= 15 is 0 Å². The minimum absolute atomic E-state index is 0.00216. The summed E-state index contributed by atoms with van der Waals surface area (Å²) in [6, 6.07) is 13.4. The molecule has 0 aromatic heterocycles. The molecule has 0 aliphatic carbocycles. The minimum atomic E-state index is -0.160.